The minimum Gasteiger partial charge on any atom is -0.401 e. The molecule has 1 fully saturated rings. The van der Waals surface area contributed by atoms with E-state index in [0.717, 1.165) is 30.7 Å². The lowest BCUT2D eigenvalue weighted by Crippen LogP contribution is -2.23. The van der Waals surface area contributed by atoms with Gasteiger partial charge in [0.05, 0.1) is 5.75 Å². The summed E-state index contributed by atoms with van der Waals surface area (Å²) in [6.45, 7) is 3.82. The van der Waals surface area contributed by atoms with Crippen LogP contribution in [-0.4, -0.2) is 31.3 Å². The number of carbonyl (C=O) groups excluding carboxylic acids is 1. The van der Waals surface area contributed by atoms with Gasteiger partial charge < -0.3 is 5.73 Å². The van der Waals surface area contributed by atoms with Crippen molar-refractivity contribution >= 4 is 17.5 Å². The molecule has 0 aliphatic heterocycles. The first-order valence-corrected chi connectivity index (χ1v) is 10.4. The fraction of sp³-hybridized carbons (Fsp3) is 0.450. The maximum absolute atomic E-state index is 12.4. The molecule has 0 radical (unpaired) electrons. The van der Waals surface area contributed by atoms with E-state index in [4.69, 9.17) is 11.0 Å². The van der Waals surface area contributed by atoms with Gasteiger partial charge in [0.25, 0.3) is 0 Å². The summed E-state index contributed by atoms with van der Waals surface area (Å²) in [6.07, 6.45) is 8.12. The molecule has 0 spiro atoms. The molecule has 2 heterocycles. The molecular weight excluding hydrogens is 372 g/mol. The van der Waals surface area contributed by atoms with E-state index < -0.39 is 0 Å². The van der Waals surface area contributed by atoms with Gasteiger partial charge in [0, 0.05) is 29.7 Å². The number of nitriles is 1. The summed E-state index contributed by atoms with van der Waals surface area (Å²) in [7, 11) is 0. The Morgan fingerprint density at radius 2 is 2.18 bits per heavy atom. The number of allylic oxidation sites excluding steroid dienone is 2. The van der Waals surface area contributed by atoms with Crippen molar-refractivity contribution in [1.82, 2.24) is 19.7 Å². The van der Waals surface area contributed by atoms with Gasteiger partial charge in [-0.2, -0.15) is 5.26 Å². The van der Waals surface area contributed by atoms with Gasteiger partial charge in [-0.15, -0.1) is 10.2 Å². The number of aromatic nitrogens is 4. The number of carbonyl (C=O) groups is 1. The van der Waals surface area contributed by atoms with E-state index in [1.54, 1.807) is 19.3 Å². The Balaban J connectivity index is 1.93. The lowest BCUT2D eigenvalue weighted by molar-refractivity contribution is -0.112. The number of nitrogens with zero attached hydrogens (tertiary/aromatic N) is 5. The monoisotopic (exact) mass is 396 g/mol. The van der Waals surface area contributed by atoms with Crippen LogP contribution < -0.4 is 5.73 Å². The molecule has 1 aliphatic rings. The second kappa shape index (κ2) is 9.02. The van der Waals surface area contributed by atoms with E-state index in [0.29, 0.717) is 11.1 Å². The number of hydrogen-bond acceptors (Lipinski definition) is 7. The standard InChI is InChI=1S/C20H24N6OS/c1-13-6-3-4-8-17(13)26-19(15-7-5-9-23-11-15)24-25-20(26)28-12-18(27)16(10-21)14(2)22/h5,7,9,11,13,17H,3-4,6,8,12,22H2,1-2H3. The predicted octanol–water partition coefficient (Wildman–Crippen LogP) is 3.51. The summed E-state index contributed by atoms with van der Waals surface area (Å²) < 4.78 is 2.16. The van der Waals surface area contributed by atoms with Gasteiger partial charge >= 0.3 is 0 Å². The normalized spacial score (nSPS) is 20.3. The highest BCUT2D eigenvalue weighted by Gasteiger charge is 2.29. The molecule has 1 aliphatic carbocycles. The van der Waals surface area contributed by atoms with Crippen molar-refractivity contribution in [2.45, 2.75) is 50.7 Å². The maximum Gasteiger partial charge on any atom is 0.192 e. The van der Waals surface area contributed by atoms with Crippen LogP contribution in [0.5, 0.6) is 0 Å². The number of thioether (sulfide) groups is 1. The summed E-state index contributed by atoms with van der Waals surface area (Å²) in [4.78, 5) is 16.6. The molecule has 2 N–H and O–H groups in total. The average molecular weight is 397 g/mol. The van der Waals surface area contributed by atoms with E-state index in [2.05, 4.69) is 26.7 Å². The van der Waals surface area contributed by atoms with Gasteiger partial charge in [-0.3, -0.25) is 14.3 Å². The molecule has 2 unspecified atom stereocenters. The van der Waals surface area contributed by atoms with Crippen LogP contribution in [0.15, 0.2) is 41.0 Å². The first-order chi connectivity index (χ1) is 13.5. The molecule has 0 aromatic carbocycles. The van der Waals surface area contributed by atoms with Crippen LogP contribution in [0.25, 0.3) is 11.4 Å². The van der Waals surface area contributed by atoms with Crippen LogP contribution in [0.1, 0.15) is 45.6 Å². The quantitative estimate of drug-likeness (QED) is 0.452. The summed E-state index contributed by atoms with van der Waals surface area (Å²) in [6, 6.07) is 6.02. The molecule has 0 bridgehead atoms. The molecule has 0 amide bonds. The molecule has 2 atom stereocenters. The second-order valence-electron chi connectivity index (χ2n) is 7.13. The minimum absolute atomic E-state index is 0.0112. The summed E-state index contributed by atoms with van der Waals surface area (Å²) in [5.74, 6) is 1.08. The van der Waals surface area contributed by atoms with E-state index in [-0.39, 0.29) is 28.8 Å². The SMILES string of the molecule is CC(N)=C(C#N)C(=O)CSc1nnc(-c2cccnc2)n1C1CCCCC1C. The first-order valence-electron chi connectivity index (χ1n) is 9.40. The number of Topliss-reactive ketones (excluding diaryl/α,β-unsaturated/α-hetero) is 1. The van der Waals surface area contributed by atoms with E-state index in [1.165, 1.54) is 18.2 Å². The largest absolute Gasteiger partial charge is 0.401 e. The van der Waals surface area contributed by atoms with Crippen molar-refractivity contribution in [2.24, 2.45) is 11.7 Å². The zero-order valence-corrected chi connectivity index (χ0v) is 16.9. The van der Waals surface area contributed by atoms with Crippen LogP contribution in [0.2, 0.25) is 0 Å². The van der Waals surface area contributed by atoms with Crippen LogP contribution in [0.3, 0.4) is 0 Å². The highest BCUT2D eigenvalue weighted by atomic mass is 32.2. The zero-order valence-electron chi connectivity index (χ0n) is 16.1. The van der Waals surface area contributed by atoms with Crippen molar-refractivity contribution in [2.75, 3.05) is 5.75 Å². The van der Waals surface area contributed by atoms with Gasteiger partial charge in [-0.05, 0) is 37.8 Å². The highest BCUT2D eigenvalue weighted by molar-refractivity contribution is 7.99. The molecule has 28 heavy (non-hydrogen) atoms. The third-order valence-corrected chi connectivity index (χ3v) is 6.04. The number of rotatable bonds is 6. The summed E-state index contributed by atoms with van der Waals surface area (Å²) in [5.41, 5.74) is 6.81. The van der Waals surface area contributed by atoms with Crippen LogP contribution in [0.4, 0.5) is 0 Å². The van der Waals surface area contributed by atoms with Crippen LogP contribution in [-0.2, 0) is 4.79 Å². The van der Waals surface area contributed by atoms with Crippen LogP contribution >= 0.6 is 11.8 Å². The van der Waals surface area contributed by atoms with Crippen molar-refractivity contribution in [1.29, 1.82) is 5.26 Å². The molecule has 2 aromatic heterocycles. The molecule has 2 aromatic rings. The second-order valence-corrected chi connectivity index (χ2v) is 8.07. The van der Waals surface area contributed by atoms with Gasteiger partial charge in [-0.1, -0.05) is 31.5 Å². The Morgan fingerprint density at radius 1 is 1.39 bits per heavy atom. The number of ketones is 1. The molecule has 7 nitrogen and oxygen atoms in total. The zero-order chi connectivity index (χ0) is 20.1. The Morgan fingerprint density at radius 3 is 2.82 bits per heavy atom. The number of pyridine rings is 1. The van der Waals surface area contributed by atoms with Gasteiger partial charge in [-0.25, -0.2) is 0 Å². The van der Waals surface area contributed by atoms with E-state index >= 15 is 0 Å². The Bertz CT molecular complexity index is 911. The maximum atomic E-state index is 12.4. The summed E-state index contributed by atoms with van der Waals surface area (Å²) in [5, 5.41) is 18.6. The highest BCUT2D eigenvalue weighted by Crippen LogP contribution is 2.38. The van der Waals surface area contributed by atoms with Crippen molar-refractivity contribution in [3.63, 3.8) is 0 Å². The molecule has 8 heteroatoms. The molecule has 0 saturated heterocycles. The number of hydrogen-bond donors (Lipinski definition) is 1. The van der Waals surface area contributed by atoms with Gasteiger partial charge in [0.1, 0.15) is 11.6 Å². The molecular formula is C20H24N6OS. The molecule has 146 valence electrons. The van der Waals surface area contributed by atoms with Gasteiger partial charge in [0.2, 0.25) is 0 Å². The molecule has 1 saturated carbocycles. The van der Waals surface area contributed by atoms with E-state index in [9.17, 15) is 4.79 Å². The van der Waals surface area contributed by atoms with Crippen LogP contribution in [0, 0.1) is 17.2 Å². The Kier molecular flexibility index (Phi) is 6.47. The number of nitrogens with two attached hydrogens (primary N) is 1. The smallest absolute Gasteiger partial charge is 0.192 e. The fourth-order valence-corrected chi connectivity index (χ4v) is 4.48. The topological polar surface area (TPSA) is 110 Å². The van der Waals surface area contributed by atoms with Crippen molar-refractivity contribution in [3.05, 3.63) is 35.8 Å². The fourth-order valence-electron chi connectivity index (χ4n) is 3.62. The van der Waals surface area contributed by atoms with Gasteiger partial charge in [0.15, 0.2) is 16.8 Å². The first kappa shape index (κ1) is 20.1. The Labute approximate surface area is 169 Å². The third-order valence-electron chi connectivity index (χ3n) is 5.10. The lowest BCUT2D eigenvalue weighted by Gasteiger charge is -2.31. The molecule has 3 rings (SSSR count). The van der Waals surface area contributed by atoms with E-state index in [1.807, 2.05) is 18.2 Å². The average Bonchev–Trinajstić information content (AvgIpc) is 3.11. The predicted molar refractivity (Wildman–Crippen MR) is 108 cm³/mol. The third kappa shape index (κ3) is 4.25. The minimum atomic E-state index is -0.290. The summed E-state index contributed by atoms with van der Waals surface area (Å²) >= 11 is 1.31. The van der Waals surface area contributed by atoms with Crippen molar-refractivity contribution < 1.29 is 4.79 Å². The van der Waals surface area contributed by atoms with Crippen molar-refractivity contribution in [3.8, 4) is 17.5 Å². The Hall–Kier alpha value is -2.66. The lowest BCUT2D eigenvalue weighted by atomic mass is 9.85.